The van der Waals surface area contributed by atoms with Crippen LogP contribution >= 0.6 is 0 Å². The number of hydrogen-bond donors (Lipinski definition) is 0. The summed E-state index contributed by atoms with van der Waals surface area (Å²) in [4.78, 5) is 11.2. The molecule has 0 saturated carbocycles. The van der Waals surface area contributed by atoms with Crippen molar-refractivity contribution in [2.24, 2.45) is 5.92 Å². The van der Waals surface area contributed by atoms with Gasteiger partial charge in [-0.2, -0.15) is 31.6 Å². The third-order valence-corrected chi connectivity index (χ3v) is 2.02. The molecule has 0 spiro atoms. The van der Waals surface area contributed by atoms with Crippen LogP contribution in [0.25, 0.3) is 0 Å². The Balaban J connectivity index is 5.26. The summed E-state index contributed by atoms with van der Waals surface area (Å²) in [5.74, 6) is -6.30. The Morgan fingerprint density at radius 1 is 1.18 bits per heavy atom. The van der Waals surface area contributed by atoms with Gasteiger partial charge in [0, 0.05) is 7.05 Å². The van der Waals surface area contributed by atoms with Crippen molar-refractivity contribution in [1.29, 1.82) is 5.26 Å². The lowest BCUT2D eigenvalue weighted by Gasteiger charge is -2.28. The summed E-state index contributed by atoms with van der Waals surface area (Å²) in [6.07, 6.45) is -11.5. The molecular weight excluding hydrogens is 254 g/mol. The normalized spacial score (nSPS) is 14.4. The number of halogens is 6. The number of rotatable bonds is 2. The van der Waals surface area contributed by atoms with Gasteiger partial charge in [0.25, 0.3) is 0 Å². The van der Waals surface area contributed by atoms with E-state index in [2.05, 4.69) is 0 Å². The number of nitrogens with zero attached hydrogens (tertiary/aromatic N) is 2. The quantitative estimate of drug-likeness (QED) is 0.715. The van der Waals surface area contributed by atoms with Gasteiger partial charge in [-0.05, 0) is 6.92 Å². The highest BCUT2D eigenvalue weighted by Crippen LogP contribution is 2.40. The van der Waals surface area contributed by atoms with Crippen molar-refractivity contribution in [3.8, 4) is 6.07 Å². The van der Waals surface area contributed by atoms with Crippen LogP contribution in [0, 0.1) is 17.2 Å². The lowest BCUT2D eigenvalue weighted by atomic mass is 10.1. The van der Waals surface area contributed by atoms with Crippen LogP contribution in [0.3, 0.4) is 0 Å². The molecule has 0 heterocycles. The fourth-order valence-electron chi connectivity index (χ4n) is 0.947. The van der Waals surface area contributed by atoms with Gasteiger partial charge < -0.3 is 4.90 Å². The molecule has 0 fully saturated rings. The van der Waals surface area contributed by atoms with Crippen LogP contribution in [0.2, 0.25) is 0 Å². The van der Waals surface area contributed by atoms with Crippen molar-refractivity contribution < 1.29 is 31.1 Å². The van der Waals surface area contributed by atoms with E-state index in [1.54, 1.807) is 0 Å². The van der Waals surface area contributed by atoms with Crippen LogP contribution in [0.1, 0.15) is 6.92 Å². The fourth-order valence-corrected chi connectivity index (χ4v) is 0.947. The molecule has 0 aromatic carbocycles. The van der Waals surface area contributed by atoms with Gasteiger partial charge in [0.1, 0.15) is 6.04 Å². The van der Waals surface area contributed by atoms with E-state index in [1.807, 2.05) is 0 Å². The summed E-state index contributed by atoms with van der Waals surface area (Å²) in [7, 11) is 0.709. The molecular formula is C8H8F6N2O. The first-order chi connectivity index (χ1) is 7.42. The molecule has 0 N–H and O–H groups in total. The Morgan fingerprint density at radius 2 is 1.53 bits per heavy atom. The highest BCUT2D eigenvalue weighted by atomic mass is 19.4. The molecule has 0 rings (SSSR count). The molecule has 17 heavy (non-hydrogen) atoms. The van der Waals surface area contributed by atoms with Gasteiger partial charge in [0.15, 0.2) is 0 Å². The van der Waals surface area contributed by atoms with Gasteiger partial charge in [-0.15, -0.1) is 0 Å². The first kappa shape index (κ1) is 15.5. The van der Waals surface area contributed by atoms with E-state index >= 15 is 0 Å². The predicted octanol–water partition coefficient (Wildman–Crippen LogP) is 2.10. The Bertz CT molecular complexity index is 314. The Hall–Kier alpha value is -1.46. The molecule has 0 aliphatic rings. The van der Waals surface area contributed by atoms with Crippen molar-refractivity contribution >= 4 is 5.91 Å². The Labute approximate surface area is 92.6 Å². The number of carbonyl (C=O) groups excluding carboxylic acids is 1. The maximum absolute atomic E-state index is 12.1. The molecule has 0 aromatic heterocycles. The topological polar surface area (TPSA) is 44.1 Å². The maximum Gasteiger partial charge on any atom is 0.409 e. The number of hydrogen-bond acceptors (Lipinski definition) is 2. The summed E-state index contributed by atoms with van der Waals surface area (Å²) in [5.41, 5.74) is 0. The Kier molecular flexibility index (Phi) is 4.40. The number of alkyl halides is 6. The van der Waals surface area contributed by atoms with Crippen LogP contribution in [0.5, 0.6) is 0 Å². The summed E-state index contributed by atoms with van der Waals surface area (Å²) < 4.78 is 72.9. The molecule has 1 unspecified atom stereocenters. The molecule has 0 bridgehead atoms. The molecule has 3 nitrogen and oxygen atoms in total. The first-order valence-electron chi connectivity index (χ1n) is 4.22. The molecule has 1 amide bonds. The molecule has 98 valence electrons. The van der Waals surface area contributed by atoms with Crippen molar-refractivity contribution in [2.45, 2.75) is 25.3 Å². The number of carbonyl (C=O) groups is 1. The van der Waals surface area contributed by atoms with Crippen LogP contribution in [-0.2, 0) is 4.79 Å². The van der Waals surface area contributed by atoms with Gasteiger partial charge in [-0.3, -0.25) is 4.79 Å². The van der Waals surface area contributed by atoms with Crippen molar-refractivity contribution in [1.82, 2.24) is 4.90 Å². The van der Waals surface area contributed by atoms with Gasteiger partial charge in [0.05, 0.1) is 6.07 Å². The van der Waals surface area contributed by atoms with Gasteiger partial charge in [-0.1, -0.05) is 0 Å². The minimum atomic E-state index is -5.74. The van der Waals surface area contributed by atoms with E-state index in [1.165, 1.54) is 6.07 Å². The highest BCUT2D eigenvalue weighted by Gasteiger charge is 2.62. The second-order valence-corrected chi connectivity index (χ2v) is 3.27. The van der Waals surface area contributed by atoms with Crippen LogP contribution < -0.4 is 0 Å². The molecule has 0 aromatic rings. The smallest absolute Gasteiger partial charge is 0.329 e. The summed E-state index contributed by atoms with van der Waals surface area (Å²) in [5, 5.41) is 8.34. The molecule has 0 aliphatic heterocycles. The second kappa shape index (κ2) is 4.81. The zero-order valence-electron chi connectivity index (χ0n) is 8.73. The van der Waals surface area contributed by atoms with Crippen LogP contribution in [0.4, 0.5) is 26.3 Å². The highest BCUT2D eigenvalue weighted by molar-refractivity contribution is 5.80. The number of nitriles is 1. The minimum absolute atomic E-state index is 0.117. The van der Waals surface area contributed by atoms with Crippen molar-refractivity contribution in [3.63, 3.8) is 0 Å². The van der Waals surface area contributed by atoms with Crippen molar-refractivity contribution in [2.75, 3.05) is 7.05 Å². The van der Waals surface area contributed by atoms with Gasteiger partial charge in [0.2, 0.25) is 11.8 Å². The zero-order chi connectivity index (χ0) is 14.0. The van der Waals surface area contributed by atoms with Crippen molar-refractivity contribution in [3.05, 3.63) is 0 Å². The standard InChI is InChI=1S/C8H8F6N2O/c1-4(3-15)16(2)6(17)5(7(9,10)11)8(12,13)14/h4-5H,1-2H3. The lowest BCUT2D eigenvalue weighted by Crippen LogP contribution is -2.50. The molecule has 1 atom stereocenters. The Morgan fingerprint density at radius 3 is 1.76 bits per heavy atom. The SMILES string of the molecule is CC(C#N)N(C)C(=O)C(C(F)(F)F)C(F)(F)F. The fraction of sp³-hybridized carbons (Fsp3) is 0.750. The molecule has 9 heteroatoms. The summed E-state index contributed by atoms with van der Waals surface area (Å²) >= 11 is 0. The maximum atomic E-state index is 12.1. The molecule has 0 radical (unpaired) electrons. The minimum Gasteiger partial charge on any atom is -0.329 e. The largest absolute Gasteiger partial charge is 0.409 e. The predicted molar refractivity (Wildman–Crippen MR) is 43.4 cm³/mol. The zero-order valence-corrected chi connectivity index (χ0v) is 8.73. The average Bonchev–Trinajstić information content (AvgIpc) is 2.10. The van der Waals surface area contributed by atoms with E-state index in [9.17, 15) is 31.1 Å². The first-order valence-corrected chi connectivity index (χ1v) is 4.22. The average molecular weight is 262 g/mol. The van der Waals surface area contributed by atoms with E-state index in [0.29, 0.717) is 7.05 Å². The third kappa shape index (κ3) is 3.80. The van der Waals surface area contributed by atoms with Crippen LogP contribution in [0.15, 0.2) is 0 Å². The van der Waals surface area contributed by atoms with Gasteiger partial charge >= 0.3 is 12.4 Å². The van der Waals surface area contributed by atoms with E-state index in [-0.39, 0.29) is 4.90 Å². The van der Waals surface area contributed by atoms with E-state index < -0.39 is 30.2 Å². The van der Waals surface area contributed by atoms with E-state index in [0.717, 1.165) is 6.92 Å². The third-order valence-electron chi connectivity index (χ3n) is 2.02. The number of amides is 1. The van der Waals surface area contributed by atoms with Crippen LogP contribution in [-0.4, -0.2) is 36.2 Å². The summed E-state index contributed by atoms with van der Waals surface area (Å²) in [6.45, 7) is 1.02. The van der Waals surface area contributed by atoms with Gasteiger partial charge in [-0.25, -0.2) is 0 Å². The second-order valence-electron chi connectivity index (χ2n) is 3.27. The van der Waals surface area contributed by atoms with E-state index in [4.69, 9.17) is 5.26 Å². The monoisotopic (exact) mass is 262 g/mol. The molecule has 0 saturated heterocycles. The lowest BCUT2D eigenvalue weighted by molar-refractivity contribution is -0.277. The molecule has 0 aliphatic carbocycles. The summed E-state index contributed by atoms with van der Waals surface area (Å²) in [6, 6.07) is -0.00615.